The second kappa shape index (κ2) is 6.53. The van der Waals surface area contributed by atoms with Gasteiger partial charge in [0.05, 0.1) is 6.54 Å². The van der Waals surface area contributed by atoms with Crippen molar-refractivity contribution in [2.75, 3.05) is 13.1 Å². The first kappa shape index (κ1) is 15.2. The van der Waals surface area contributed by atoms with E-state index in [1.165, 1.54) is 24.8 Å². The number of hydrogen-bond acceptors (Lipinski definition) is 2. The third-order valence-electron chi connectivity index (χ3n) is 4.09. The Hall–Kier alpha value is -1.15. The second-order valence-electron chi connectivity index (χ2n) is 6.63. The molecule has 0 aromatic heterocycles. The summed E-state index contributed by atoms with van der Waals surface area (Å²) in [6, 6.07) is 6.78. The van der Waals surface area contributed by atoms with E-state index >= 15 is 0 Å². The summed E-state index contributed by atoms with van der Waals surface area (Å²) < 4.78 is 0. The van der Waals surface area contributed by atoms with Crippen molar-refractivity contribution < 1.29 is 4.79 Å². The zero-order valence-electron chi connectivity index (χ0n) is 13.3. The Kier molecular flexibility index (Phi) is 4.98. The molecule has 1 aliphatic rings. The van der Waals surface area contributed by atoms with Crippen LogP contribution in [0.2, 0.25) is 0 Å². The van der Waals surface area contributed by atoms with Gasteiger partial charge < -0.3 is 0 Å². The van der Waals surface area contributed by atoms with Crippen LogP contribution in [0.4, 0.5) is 0 Å². The number of carbonyl (C=O) groups excluding carboxylic acids is 1. The Morgan fingerprint density at radius 3 is 2.55 bits per heavy atom. The van der Waals surface area contributed by atoms with E-state index in [-0.39, 0.29) is 5.78 Å². The number of hydrogen-bond donors (Lipinski definition) is 0. The van der Waals surface area contributed by atoms with Crippen LogP contribution >= 0.6 is 0 Å². The predicted molar refractivity (Wildman–Crippen MR) is 84.3 cm³/mol. The molecule has 2 rings (SSSR count). The van der Waals surface area contributed by atoms with Gasteiger partial charge in [0.15, 0.2) is 5.78 Å². The molecule has 0 unspecified atom stereocenters. The van der Waals surface area contributed by atoms with Gasteiger partial charge in [0.1, 0.15) is 0 Å². The fourth-order valence-corrected chi connectivity index (χ4v) is 2.65. The van der Waals surface area contributed by atoms with E-state index in [1.807, 2.05) is 19.1 Å². The molecule has 1 aromatic carbocycles. The summed E-state index contributed by atoms with van der Waals surface area (Å²) >= 11 is 0. The molecule has 0 radical (unpaired) electrons. The van der Waals surface area contributed by atoms with Gasteiger partial charge in [-0.05, 0) is 51.1 Å². The van der Waals surface area contributed by atoms with Gasteiger partial charge in [-0.15, -0.1) is 0 Å². The second-order valence-corrected chi connectivity index (χ2v) is 6.63. The fraction of sp³-hybridized carbons (Fsp3) is 0.611. The SMILES string of the molecule is Cc1ccc(C(=O)CN(CCC(C)C)C2CC2)c(C)c1. The van der Waals surface area contributed by atoms with E-state index < -0.39 is 0 Å². The summed E-state index contributed by atoms with van der Waals surface area (Å²) in [4.78, 5) is 14.9. The fourth-order valence-electron chi connectivity index (χ4n) is 2.65. The normalized spacial score (nSPS) is 15.1. The molecule has 0 amide bonds. The molecule has 20 heavy (non-hydrogen) atoms. The van der Waals surface area contributed by atoms with Crippen LogP contribution < -0.4 is 0 Å². The monoisotopic (exact) mass is 273 g/mol. The predicted octanol–water partition coefficient (Wildman–Crippen LogP) is 4.00. The average molecular weight is 273 g/mol. The third kappa shape index (κ3) is 4.17. The minimum absolute atomic E-state index is 0.276. The van der Waals surface area contributed by atoms with Gasteiger partial charge in [0.2, 0.25) is 0 Å². The van der Waals surface area contributed by atoms with Crippen LogP contribution in [0.3, 0.4) is 0 Å². The topological polar surface area (TPSA) is 20.3 Å². The van der Waals surface area contributed by atoms with E-state index in [0.717, 1.165) is 17.7 Å². The smallest absolute Gasteiger partial charge is 0.177 e. The van der Waals surface area contributed by atoms with Crippen LogP contribution in [-0.4, -0.2) is 29.8 Å². The van der Waals surface area contributed by atoms with E-state index in [4.69, 9.17) is 0 Å². The highest BCUT2D eigenvalue weighted by Gasteiger charge is 2.30. The Morgan fingerprint density at radius 2 is 2.00 bits per heavy atom. The molecule has 0 heterocycles. The summed E-state index contributed by atoms with van der Waals surface area (Å²) in [5.41, 5.74) is 3.22. The van der Waals surface area contributed by atoms with Crippen molar-refractivity contribution in [3.8, 4) is 0 Å². The molecule has 0 spiro atoms. The molecule has 1 saturated carbocycles. The maximum Gasteiger partial charge on any atom is 0.177 e. The summed E-state index contributed by atoms with van der Waals surface area (Å²) in [6.07, 6.45) is 3.70. The van der Waals surface area contributed by atoms with Crippen molar-refractivity contribution in [2.45, 2.75) is 53.0 Å². The lowest BCUT2D eigenvalue weighted by molar-refractivity contribution is 0.0920. The van der Waals surface area contributed by atoms with Crippen molar-refractivity contribution in [3.05, 3.63) is 34.9 Å². The maximum absolute atomic E-state index is 12.5. The third-order valence-corrected chi connectivity index (χ3v) is 4.09. The largest absolute Gasteiger partial charge is 0.293 e. The van der Waals surface area contributed by atoms with E-state index in [1.54, 1.807) is 0 Å². The first-order valence-electron chi connectivity index (χ1n) is 7.82. The molecule has 2 heteroatoms. The Morgan fingerprint density at radius 1 is 1.30 bits per heavy atom. The molecule has 0 bridgehead atoms. The molecular formula is C18H27NO. The van der Waals surface area contributed by atoms with Gasteiger partial charge in [0.25, 0.3) is 0 Å². The number of Topliss-reactive ketones (excluding diaryl/α,β-unsaturated/α-hetero) is 1. The lowest BCUT2D eigenvalue weighted by Crippen LogP contribution is -2.33. The first-order chi connectivity index (χ1) is 9.47. The van der Waals surface area contributed by atoms with Crippen LogP contribution in [0.1, 0.15) is 54.6 Å². The van der Waals surface area contributed by atoms with Gasteiger partial charge in [-0.3, -0.25) is 9.69 Å². The van der Waals surface area contributed by atoms with Crippen molar-refractivity contribution >= 4 is 5.78 Å². The quantitative estimate of drug-likeness (QED) is 0.700. The summed E-state index contributed by atoms with van der Waals surface area (Å²) in [7, 11) is 0. The first-order valence-corrected chi connectivity index (χ1v) is 7.82. The standard InChI is InChI=1S/C18H27NO/c1-13(2)9-10-19(16-6-7-16)12-18(20)17-8-5-14(3)11-15(17)4/h5,8,11,13,16H,6-7,9-10,12H2,1-4H3. The molecule has 0 atom stereocenters. The van der Waals surface area contributed by atoms with Crippen molar-refractivity contribution in [1.29, 1.82) is 0 Å². The number of nitrogens with zero attached hydrogens (tertiary/aromatic N) is 1. The molecule has 110 valence electrons. The van der Waals surface area contributed by atoms with Crippen molar-refractivity contribution in [1.82, 2.24) is 4.90 Å². The van der Waals surface area contributed by atoms with Crippen LogP contribution in [0.5, 0.6) is 0 Å². The van der Waals surface area contributed by atoms with E-state index in [0.29, 0.717) is 18.5 Å². The minimum Gasteiger partial charge on any atom is -0.293 e. The Labute approximate surface area is 123 Å². The van der Waals surface area contributed by atoms with Gasteiger partial charge in [-0.25, -0.2) is 0 Å². The molecule has 0 N–H and O–H groups in total. The highest BCUT2D eigenvalue weighted by Crippen LogP contribution is 2.27. The lowest BCUT2D eigenvalue weighted by Gasteiger charge is -2.22. The molecule has 1 aliphatic carbocycles. The molecular weight excluding hydrogens is 246 g/mol. The number of carbonyl (C=O) groups is 1. The molecule has 0 saturated heterocycles. The average Bonchev–Trinajstić information content (AvgIpc) is 3.18. The molecule has 1 aromatic rings. The molecule has 0 aliphatic heterocycles. The number of ketones is 1. The van der Waals surface area contributed by atoms with Crippen molar-refractivity contribution in [2.24, 2.45) is 5.92 Å². The minimum atomic E-state index is 0.276. The summed E-state index contributed by atoms with van der Waals surface area (Å²) in [5, 5.41) is 0. The molecule has 2 nitrogen and oxygen atoms in total. The number of aryl methyl sites for hydroxylation is 2. The van der Waals surface area contributed by atoms with Crippen molar-refractivity contribution in [3.63, 3.8) is 0 Å². The van der Waals surface area contributed by atoms with Crippen LogP contribution in [-0.2, 0) is 0 Å². The summed E-state index contributed by atoms with van der Waals surface area (Å²) in [5.74, 6) is 0.977. The van der Waals surface area contributed by atoms with Crippen LogP contribution in [0, 0.1) is 19.8 Å². The zero-order valence-corrected chi connectivity index (χ0v) is 13.3. The van der Waals surface area contributed by atoms with E-state index in [2.05, 4.69) is 31.7 Å². The van der Waals surface area contributed by atoms with Gasteiger partial charge in [0, 0.05) is 11.6 Å². The number of rotatable bonds is 7. The van der Waals surface area contributed by atoms with Crippen LogP contribution in [0.15, 0.2) is 18.2 Å². The highest BCUT2D eigenvalue weighted by atomic mass is 16.1. The lowest BCUT2D eigenvalue weighted by atomic mass is 10.0. The Balaban J connectivity index is 2.00. The highest BCUT2D eigenvalue weighted by molar-refractivity contribution is 5.99. The number of benzene rings is 1. The Bertz CT molecular complexity index is 474. The zero-order chi connectivity index (χ0) is 14.7. The maximum atomic E-state index is 12.5. The van der Waals surface area contributed by atoms with Gasteiger partial charge in [-0.1, -0.05) is 37.6 Å². The summed E-state index contributed by atoms with van der Waals surface area (Å²) in [6.45, 7) is 10.2. The van der Waals surface area contributed by atoms with Gasteiger partial charge >= 0.3 is 0 Å². The van der Waals surface area contributed by atoms with E-state index in [9.17, 15) is 4.79 Å². The van der Waals surface area contributed by atoms with Crippen LogP contribution in [0.25, 0.3) is 0 Å². The molecule has 1 fully saturated rings. The van der Waals surface area contributed by atoms with Gasteiger partial charge in [-0.2, -0.15) is 0 Å².